The first-order valence-electron chi connectivity index (χ1n) is 6.85. The van der Waals surface area contributed by atoms with E-state index in [1.165, 1.54) is 4.90 Å². The monoisotopic (exact) mass is 316 g/mol. The van der Waals surface area contributed by atoms with Gasteiger partial charge in [0.05, 0.1) is 12.3 Å². The first-order valence-corrected chi connectivity index (χ1v) is 7.23. The van der Waals surface area contributed by atoms with Crippen LogP contribution >= 0.6 is 11.6 Å². The molecule has 0 spiro atoms. The van der Waals surface area contributed by atoms with Gasteiger partial charge in [-0.2, -0.15) is 4.98 Å². The maximum Gasteiger partial charge on any atom is 0.300 e. The third-order valence-corrected chi connectivity index (χ3v) is 3.56. The smallest absolute Gasteiger partial charge is 0.300 e. The molecule has 0 atom stereocenters. The number of ketones is 1. The predicted molar refractivity (Wildman–Crippen MR) is 82.7 cm³/mol. The number of ether oxygens (including phenoxy) is 1. The molecule has 0 radical (unpaired) electrons. The first-order chi connectivity index (χ1) is 10.6. The summed E-state index contributed by atoms with van der Waals surface area (Å²) in [7, 11) is 0. The second-order valence-corrected chi connectivity index (χ2v) is 5.22. The van der Waals surface area contributed by atoms with Crippen molar-refractivity contribution in [2.75, 3.05) is 11.5 Å². The van der Waals surface area contributed by atoms with E-state index in [4.69, 9.17) is 16.3 Å². The van der Waals surface area contributed by atoms with Crippen molar-refractivity contribution in [1.82, 2.24) is 4.98 Å². The van der Waals surface area contributed by atoms with Crippen LogP contribution < -0.4 is 9.64 Å². The van der Waals surface area contributed by atoms with E-state index in [2.05, 4.69) is 4.98 Å². The average Bonchev–Trinajstić information content (AvgIpc) is 2.51. The molecule has 112 valence electrons. The molecule has 0 saturated heterocycles. The Morgan fingerprint density at radius 1 is 1.18 bits per heavy atom. The van der Waals surface area contributed by atoms with E-state index in [-0.39, 0.29) is 6.42 Å². The first kappa shape index (κ1) is 14.5. The summed E-state index contributed by atoms with van der Waals surface area (Å²) in [6, 6.07) is 10.1. The van der Waals surface area contributed by atoms with E-state index < -0.39 is 11.7 Å². The lowest BCUT2D eigenvalue weighted by atomic mass is 10.0. The molecule has 3 rings (SSSR count). The molecule has 1 amide bonds. The molecule has 6 heteroatoms. The number of halogens is 1. The Hall–Kier alpha value is -2.40. The molecule has 0 saturated carbocycles. The Morgan fingerprint density at radius 2 is 1.91 bits per heavy atom. The second kappa shape index (κ2) is 5.77. The van der Waals surface area contributed by atoms with Gasteiger partial charge in [0.15, 0.2) is 0 Å². The Balaban J connectivity index is 2.12. The summed E-state index contributed by atoms with van der Waals surface area (Å²) in [4.78, 5) is 29.9. The third kappa shape index (κ3) is 2.55. The van der Waals surface area contributed by atoms with Gasteiger partial charge in [0.25, 0.3) is 5.91 Å². The normalized spacial score (nSPS) is 14.0. The maximum absolute atomic E-state index is 12.3. The van der Waals surface area contributed by atoms with Crippen molar-refractivity contribution in [3.63, 3.8) is 0 Å². The van der Waals surface area contributed by atoms with E-state index in [1.54, 1.807) is 36.4 Å². The summed E-state index contributed by atoms with van der Waals surface area (Å²) in [5, 5.41) is 0.552. The fourth-order valence-corrected chi connectivity index (χ4v) is 2.44. The highest BCUT2D eigenvalue weighted by Crippen LogP contribution is 2.33. The Bertz CT molecular complexity index is 744. The zero-order chi connectivity index (χ0) is 15.7. The Labute approximate surface area is 132 Å². The van der Waals surface area contributed by atoms with E-state index >= 15 is 0 Å². The number of hydrogen-bond donors (Lipinski definition) is 0. The quantitative estimate of drug-likeness (QED) is 0.817. The van der Waals surface area contributed by atoms with Crippen LogP contribution in [0, 0.1) is 0 Å². The number of pyridine rings is 1. The standard InChI is InChI=1S/C16H13ClN2O3/c1-2-22-14-8-3-10-9-13(20)16(21)19(15(10)18-14)12-6-4-11(17)5-7-12/h3-8H,2,9H2,1H3. The maximum atomic E-state index is 12.3. The molecule has 2 heterocycles. The van der Waals surface area contributed by atoms with Gasteiger partial charge >= 0.3 is 0 Å². The molecule has 0 unspecified atom stereocenters. The highest BCUT2D eigenvalue weighted by Gasteiger charge is 2.33. The number of hydrogen-bond acceptors (Lipinski definition) is 4. The van der Waals surface area contributed by atoms with E-state index in [0.717, 1.165) is 0 Å². The van der Waals surface area contributed by atoms with Crippen LogP contribution in [0.5, 0.6) is 5.88 Å². The molecule has 0 aliphatic carbocycles. The molecule has 1 aliphatic rings. The van der Waals surface area contributed by atoms with Crippen molar-refractivity contribution in [2.45, 2.75) is 13.3 Å². The third-order valence-electron chi connectivity index (χ3n) is 3.31. The Kier molecular flexibility index (Phi) is 3.81. The molecule has 1 aliphatic heterocycles. The van der Waals surface area contributed by atoms with Crippen LogP contribution in [0.2, 0.25) is 5.02 Å². The number of aromatic nitrogens is 1. The number of nitrogens with zero attached hydrogens (tertiary/aromatic N) is 2. The van der Waals surface area contributed by atoms with Crippen LogP contribution in [-0.2, 0) is 16.0 Å². The highest BCUT2D eigenvalue weighted by molar-refractivity contribution is 6.44. The second-order valence-electron chi connectivity index (χ2n) is 4.78. The summed E-state index contributed by atoms with van der Waals surface area (Å²) in [5.41, 5.74) is 1.24. The topological polar surface area (TPSA) is 59.5 Å². The number of carbonyl (C=O) groups is 2. The number of rotatable bonds is 3. The lowest BCUT2D eigenvalue weighted by molar-refractivity contribution is -0.135. The van der Waals surface area contributed by atoms with Crippen LogP contribution in [0.15, 0.2) is 36.4 Å². The van der Waals surface area contributed by atoms with Gasteiger partial charge in [-0.1, -0.05) is 11.6 Å². The number of fused-ring (bicyclic) bond motifs is 1. The van der Waals surface area contributed by atoms with Crippen LogP contribution in [0.3, 0.4) is 0 Å². The fraction of sp³-hybridized carbons (Fsp3) is 0.188. The van der Waals surface area contributed by atoms with Gasteiger partial charge in [-0.3, -0.25) is 14.5 Å². The molecule has 0 bridgehead atoms. The Morgan fingerprint density at radius 3 is 2.59 bits per heavy atom. The number of Topliss-reactive ketones (excluding diaryl/α,β-unsaturated/α-hetero) is 1. The van der Waals surface area contributed by atoms with Gasteiger partial charge in [0, 0.05) is 23.1 Å². The van der Waals surface area contributed by atoms with Crippen molar-refractivity contribution < 1.29 is 14.3 Å². The predicted octanol–water partition coefficient (Wildman–Crippen LogP) is 2.92. The summed E-state index contributed by atoms with van der Waals surface area (Å²) in [6.45, 7) is 2.33. The van der Waals surface area contributed by atoms with Gasteiger partial charge < -0.3 is 4.74 Å². The van der Waals surface area contributed by atoms with Gasteiger partial charge in [-0.25, -0.2) is 0 Å². The molecule has 0 N–H and O–H groups in total. The van der Waals surface area contributed by atoms with E-state index in [0.29, 0.717) is 34.6 Å². The summed E-state index contributed by atoms with van der Waals surface area (Å²) in [5.74, 6) is -0.218. The van der Waals surface area contributed by atoms with Gasteiger partial charge in [-0.05, 0) is 37.3 Å². The summed E-state index contributed by atoms with van der Waals surface area (Å²) >= 11 is 5.88. The number of anilines is 2. The molecular formula is C16H13ClN2O3. The van der Waals surface area contributed by atoms with Crippen LogP contribution in [0.1, 0.15) is 12.5 Å². The van der Waals surface area contributed by atoms with E-state index in [9.17, 15) is 9.59 Å². The number of amides is 1. The minimum absolute atomic E-state index is 0.0532. The minimum Gasteiger partial charge on any atom is -0.478 e. The average molecular weight is 317 g/mol. The lowest BCUT2D eigenvalue weighted by Gasteiger charge is -2.27. The zero-order valence-electron chi connectivity index (χ0n) is 11.9. The molecule has 22 heavy (non-hydrogen) atoms. The number of carbonyl (C=O) groups excluding carboxylic acids is 2. The lowest BCUT2D eigenvalue weighted by Crippen LogP contribution is -2.39. The molecule has 1 aromatic heterocycles. The largest absolute Gasteiger partial charge is 0.478 e. The molecule has 5 nitrogen and oxygen atoms in total. The van der Waals surface area contributed by atoms with Crippen LogP contribution in [-0.4, -0.2) is 23.3 Å². The number of benzene rings is 1. The van der Waals surface area contributed by atoms with Crippen molar-refractivity contribution in [2.24, 2.45) is 0 Å². The molecule has 0 fully saturated rings. The molecule has 2 aromatic rings. The summed E-state index contributed by atoms with van der Waals surface area (Å²) in [6.07, 6.45) is 0.0532. The fourth-order valence-electron chi connectivity index (χ4n) is 2.32. The minimum atomic E-state index is -0.601. The van der Waals surface area contributed by atoms with Crippen molar-refractivity contribution in [1.29, 1.82) is 0 Å². The van der Waals surface area contributed by atoms with Crippen LogP contribution in [0.25, 0.3) is 0 Å². The van der Waals surface area contributed by atoms with Crippen molar-refractivity contribution in [3.05, 3.63) is 47.0 Å². The van der Waals surface area contributed by atoms with E-state index in [1.807, 2.05) is 6.92 Å². The van der Waals surface area contributed by atoms with Gasteiger partial charge in [-0.15, -0.1) is 0 Å². The van der Waals surface area contributed by atoms with Crippen molar-refractivity contribution in [3.8, 4) is 5.88 Å². The van der Waals surface area contributed by atoms with Gasteiger partial charge in [0.2, 0.25) is 11.7 Å². The molecular weight excluding hydrogens is 304 g/mol. The van der Waals surface area contributed by atoms with Crippen molar-refractivity contribution >= 4 is 34.8 Å². The summed E-state index contributed by atoms with van der Waals surface area (Å²) < 4.78 is 5.38. The SMILES string of the molecule is CCOc1ccc2c(n1)N(c1ccc(Cl)cc1)C(=O)C(=O)C2. The van der Waals surface area contributed by atoms with Gasteiger partial charge in [0.1, 0.15) is 5.82 Å². The zero-order valence-corrected chi connectivity index (χ0v) is 12.6. The molecule has 1 aromatic carbocycles. The van der Waals surface area contributed by atoms with Crippen LogP contribution in [0.4, 0.5) is 11.5 Å². The highest BCUT2D eigenvalue weighted by atomic mass is 35.5.